The van der Waals surface area contributed by atoms with Gasteiger partial charge in [0, 0.05) is 35.5 Å². The number of anilines is 1. The Kier molecular flexibility index (Phi) is 5.80. The summed E-state index contributed by atoms with van der Waals surface area (Å²) in [7, 11) is 3.29. The van der Waals surface area contributed by atoms with Crippen molar-refractivity contribution < 1.29 is 9.47 Å². The molecule has 2 aromatic carbocycles. The van der Waals surface area contributed by atoms with E-state index in [4.69, 9.17) is 19.6 Å². The fourth-order valence-corrected chi connectivity index (χ4v) is 3.86. The first kappa shape index (κ1) is 20.7. The Balaban J connectivity index is 1.79. The van der Waals surface area contributed by atoms with E-state index in [-0.39, 0.29) is 0 Å². The quantitative estimate of drug-likeness (QED) is 0.448. The van der Waals surface area contributed by atoms with Gasteiger partial charge in [0.1, 0.15) is 17.3 Å². The highest BCUT2D eigenvalue weighted by Gasteiger charge is 2.16. The summed E-state index contributed by atoms with van der Waals surface area (Å²) in [5.41, 5.74) is 7.19. The topological polar surface area (TPSA) is 60.7 Å². The summed E-state index contributed by atoms with van der Waals surface area (Å²) in [5, 5.41) is 8.51. The minimum atomic E-state index is 0.718. The zero-order valence-corrected chi connectivity index (χ0v) is 18.7. The predicted octanol–water partition coefficient (Wildman–Crippen LogP) is 5.20. The maximum atomic E-state index is 5.43. The molecule has 6 nitrogen and oxygen atoms in total. The van der Waals surface area contributed by atoms with E-state index in [0.29, 0.717) is 0 Å². The Labute approximate surface area is 182 Å². The van der Waals surface area contributed by atoms with Crippen LogP contribution in [-0.2, 0) is 13.0 Å². The lowest BCUT2D eigenvalue weighted by Crippen LogP contribution is -2.11. The predicted molar refractivity (Wildman–Crippen MR) is 124 cm³/mol. The number of rotatable bonds is 7. The lowest BCUT2D eigenvalue weighted by molar-refractivity contribution is 0.394. The monoisotopic (exact) mass is 416 g/mol. The molecule has 0 fully saturated rings. The Hall–Kier alpha value is -3.54. The molecule has 0 aliphatic carbocycles. The van der Waals surface area contributed by atoms with Crippen molar-refractivity contribution in [3.05, 3.63) is 70.9 Å². The van der Waals surface area contributed by atoms with Gasteiger partial charge in [-0.2, -0.15) is 9.61 Å². The number of ether oxygens (including phenoxy) is 2. The molecular formula is C25H28N4O2. The molecule has 1 N–H and O–H groups in total. The van der Waals surface area contributed by atoms with Crippen LogP contribution in [0.25, 0.3) is 16.9 Å². The first-order valence-electron chi connectivity index (χ1n) is 10.4. The number of fused-ring (bicyclic) bond motifs is 1. The molecule has 0 radical (unpaired) electrons. The van der Waals surface area contributed by atoms with Crippen molar-refractivity contribution in [2.75, 3.05) is 19.5 Å². The van der Waals surface area contributed by atoms with Gasteiger partial charge in [-0.15, -0.1) is 0 Å². The van der Waals surface area contributed by atoms with Crippen LogP contribution in [-0.4, -0.2) is 28.8 Å². The van der Waals surface area contributed by atoms with Crippen LogP contribution in [0.4, 0.5) is 5.82 Å². The largest absolute Gasteiger partial charge is 0.497 e. The number of nitrogens with zero attached hydrogens (tertiary/aromatic N) is 3. The summed E-state index contributed by atoms with van der Waals surface area (Å²) in [5.74, 6) is 2.43. The summed E-state index contributed by atoms with van der Waals surface area (Å²) in [6.45, 7) is 7.02. The van der Waals surface area contributed by atoms with Gasteiger partial charge in [-0.25, -0.2) is 4.98 Å². The lowest BCUT2D eigenvalue weighted by Gasteiger charge is -2.15. The molecule has 0 bridgehead atoms. The van der Waals surface area contributed by atoms with E-state index in [1.54, 1.807) is 14.2 Å². The minimum absolute atomic E-state index is 0.718. The van der Waals surface area contributed by atoms with Gasteiger partial charge in [0.15, 0.2) is 5.65 Å². The van der Waals surface area contributed by atoms with Gasteiger partial charge in [-0.1, -0.05) is 36.8 Å². The minimum Gasteiger partial charge on any atom is -0.497 e. The standard InChI is InChI=1S/C25H28N4O2/c1-6-22-17(3)27-24-14-23(19-11-20(30-4)13-21(12-19)31-5)28-29(24)25(22)26-15-18-9-7-8-16(2)10-18/h7-14,26H,6,15H2,1-5H3. The number of aromatic nitrogens is 3. The van der Waals surface area contributed by atoms with Gasteiger partial charge in [0.25, 0.3) is 0 Å². The van der Waals surface area contributed by atoms with Crippen molar-refractivity contribution in [1.29, 1.82) is 0 Å². The molecular weight excluding hydrogens is 388 g/mol. The summed E-state index contributed by atoms with van der Waals surface area (Å²) < 4.78 is 12.8. The van der Waals surface area contributed by atoms with Gasteiger partial charge in [-0.05, 0) is 38.0 Å². The molecule has 2 heterocycles. The summed E-state index contributed by atoms with van der Waals surface area (Å²) >= 11 is 0. The second-order valence-electron chi connectivity index (χ2n) is 7.62. The van der Waals surface area contributed by atoms with Crippen molar-refractivity contribution >= 4 is 11.5 Å². The van der Waals surface area contributed by atoms with E-state index in [1.165, 1.54) is 11.1 Å². The molecule has 0 unspecified atom stereocenters. The van der Waals surface area contributed by atoms with Gasteiger partial charge in [0.2, 0.25) is 0 Å². The fourth-order valence-electron chi connectivity index (χ4n) is 3.86. The van der Waals surface area contributed by atoms with E-state index in [1.807, 2.05) is 28.8 Å². The number of nitrogens with one attached hydrogen (secondary N) is 1. The Morgan fingerprint density at radius 3 is 2.35 bits per heavy atom. The third kappa shape index (κ3) is 4.19. The molecule has 0 spiro atoms. The number of benzene rings is 2. The van der Waals surface area contributed by atoms with Crippen LogP contribution in [0.15, 0.2) is 48.5 Å². The van der Waals surface area contributed by atoms with E-state index in [0.717, 1.165) is 58.4 Å². The van der Waals surface area contributed by atoms with Crippen LogP contribution in [0.1, 0.15) is 29.3 Å². The van der Waals surface area contributed by atoms with Gasteiger partial charge >= 0.3 is 0 Å². The normalized spacial score (nSPS) is 11.0. The fraction of sp³-hybridized carbons (Fsp3) is 0.280. The van der Waals surface area contributed by atoms with Crippen LogP contribution < -0.4 is 14.8 Å². The van der Waals surface area contributed by atoms with Crippen molar-refractivity contribution in [2.45, 2.75) is 33.7 Å². The molecule has 0 atom stereocenters. The van der Waals surface area contributed by atoms with Gasteiger partial charge < -0.3 is 14.8 Å². The Morgan fingerprint density at radius 2 is 1.71 bits per heavy atom. The molecule has 0 amide bonds. The zero-order valence-electron chi connectivity index (χ0n) is 18.7. The summed E-state index contributed by atoms with van der Waals surface area (Å²) in [6.07, 6.45) is 0.868. The average Bonchev–Trinajstić information content (AvgIpc) is 3.20. The highest BCUT2D eigenvalue weighted by atomic mass is 16.5. The van der Waals surface area contributed by atoms with Crippen LogP contribution in [0.5, 0.6) is 11.5 Å². The lowest BCUT2D eigenvalue weighted by atomic mass is 10.1. The molecule has 4 rings (SSSR count). The highest BCUT2D eigenvalue weighted by molar-refractivity contribution is 5.69. The first-order chi connectivity index (χ1) is 15.0. The number of hydrogen-bond acceptors (Lipinski definition) is 5. The van der Waals surface area contributed by atoms with Gasteiger partial charge in [-0.3, -0.25) is 0 Å². The van der Waals surface area contributed by atoms with Crippen LogP contribution >= 0.6 is 0 Å². The summed E-state index contributed by atoms with van der Waals surface area (Å²) in [6, 6.07) is 16.3. The Morgan fingerprint density at radius 1 is 0.968 bits per heavy atom. The number of hydrogen-bond donors (Lipinski definition) is 1. The maximum Gasteiger partial charge on any atom is 0.158 e. The second-order valence-corrected chi connectivity index (χ2v) is 7.62. The zero-order chi connectivity index (χ0) is 22.0. The summed E-state index contributed by atoms with van der Waals surface area (Å²) in [4.78, 5) is 4.81. The third-order valence-electron chi connectivity index (χ3n) is 5.45. The molecule has 2 aromatic heterocycles. The molecule has 6 heteroatoms. The van der Waals surface area contributed by atoms with Crippen molar-refractivity contribution in [3.8, 4) is 22.8 Å². The molecule has 0 saturated carbocycles. The molecule has 0 saturated heterocycles. The van der Waals surface area contributed by atoms with E-state index < -0.39 is 0 Å². The van der Waals surface area contributed by atoms with Crippen molar-refractivity contribution in [3.63, 3.8) is 0 Å². The van der Waals surface area contributed by atoms with Crippen molar-refractivity contribution in [2.24, 2.45) is 0 Å². The van der Waals surface area contributed by atoms with Crippen LogP contribution in [0, 0.1) is 13.8 Å². The smallest absolute Gasteiger partial charge is 0.158 e. The van der Waals surface area contributed by atoms with Gasteiger partial charge in [0.05, 0.1) is 19.9 Å². The van der Waals surface area contributed by atoms with Crippen LogP contribution in [0.2, 0.25) is 0 Å². The van der Waals surface area contributed by atoms with E-state index in [2.05, 4.69) is 50.4 Å². The molecule has 0 aliphatic rings. The van der Waals surface area contributed by atoms with E-state index in [9.17, 15) is 0 Å². The first-order valence-corrected chi connectivity index (χ1v) is 10.4. The highest BCUT2D eigenvalue weighted by Crippen LogP contribution is 2.31. The van der Waals surface area contributed by atoms with E-state index >= 15 is 0 Å². The molecule has 0 aliphatic heterocycles. The van der Waals surface area contributed by atoms with Crippen LogP contribution in [0.3, 0.4) is 0 Å². The molecule has 31 heavy (non-hydrogen) atoms. The van der Waals surface area contributed by atoms with Crippen molar-refractivity contribution in [1.82, 2.24) is 14.6 Å². The average molecular weight is 417 g/mol. The SMILES string of the molecule is CCc1c(C)nc2cc(-c3cc(OC)cc(OC)c3)nn2c1NCc1cccc(C)c1. The molecule has 4 aromatic rings. The number of aryl methyl sites for hydroxylation is 2. The third-order valence-corrected chi connectivity index (χ3v) is 5.45. The second kappa shape index (κ2) is 8.68. The molecule has 160 valence electrons. The Bertz CT molecular complexity index is 1210. The maximum absolute atomic E-state index is 5.43. The number of methoxy groups -OCH3 is 2.